The highest BCUT2D eigenvalue weighted by Gasteiger charge is 2.45. The third-order valence-corrected chi connectivity index (χ3v) is 3.43. The zero-order chi connectivity index (χ0) is 11.8. The van der Waals surface area contributed by atoms with Crippen molar-refractivity contribution in [2.75, 3.05) is 7.11 Å². The van der Waals surface area contributed by atoms with Crippen molar-refractivity contribution in [2.45, 2.75) is 31.8 Å². The van der Waals surface area contributed by atoms with Crippen LogP contribution in [0.2, 0.25) is 0 Å². The van der Waals surface area contributed by atoms with Crippen molar-refractivity contribution in [2.24, 2.45) is 5.92 Å². The summed E-state index contributed by atoms with van der Waals surface area (Å²) >= 11 is 0. The van der Waals surface area contributed by atoms with Gasteiger partial charge in [0.1, 0.15) is 11.6 Å². The van der Waals surface area contributed by atoms with Crippen molar-refractivity contribution < 1.29 is 14.2 Å². The number of ether oxygens (including phenoxy) is 1. The van der Waals surface area contributed by atoms with Gasteiger partial charge in [0.25, 0.3) is 0 Å². The minimum absolute atomic E-state index is 0.209. The molecule has 0 radical (unpaired) electrons. The van der Waals surface area contributed by atoms with Crippen molar-refractivity contribution >= 4 is 0 Å². The summed E-state index contributed by atoms with van der Waals surface area (Å²) in [6.07, 6.45) is 2.51. The first-order chi connectivity index (χ1) is 7.61. The molecule has 1 atom stereocenters. The van der Waals surface area contributed by atoms with Gasteiger partial charge in [0, 0.05) is 11.6 Å². The molecule has 1 aromatic carbocycles. The van der Waals surface area contributed by atoms with Crippen LogP contribution in [0.4, 0.5) is 4.39 Å². The Kier molecular flexibility index (Phi) is 2.89. The van der Waals surface area contributed by atoms with Crippen LogP contribution in [0.25, 0.3) is 0 Å². The van der Waals surface area contributed by atoms with E-state index in [2.05, 4.69) is 0 Å². The molecule has 0 heterocycles. The standard InChI is InChI=1S/C13H17FO2/c1-3-13(15,9-4-5-9)11-7-6-10(16-2)8-12(11)14/h6-9,15H,3-5H2,1-2H3. The van der Waals surface area contributed by atoms with E-state index in [0.29, 0.717) is 17.7 Å². The number of hydrogen-bond donors (Lipinski definition) is 1. The summed E-state index contributed by atoms with van der Waals surface area (Å²) in [6.45, 7) is 1.89. The van der Waals surface area contributed by atoms with Gasteiger partial charge in [0.05, 0.1) is 12.7 Å². The Morgan fingerprint density at radius 1 is 1.50 bits per heavy atom. The zero-order valence-electron chi connectivity index (χ0n) is 9.66. The maximum absolute atomic E-state index is 13.9. The molecule has 3 heteroatoms. The third kappa shape index (κ3) is 1.80. The van der Waals surface area contributed by atoms with Gasteiger partial charge in [0.2, 0.25) is 0 Å². The Labute approximate surface area is 95.1 Å². The summed E-state index contributed by atoms with van der Waals surface area (Å²) < 4.78 is 18.8. The molecule has 1 saturated carbocycles. The highest BCUT2D eigenvalue weighted by Crippen LogP contribution is 2.48. The lowest BCUT2D eigenvalue weighted by molar-refractivity contribution is 0.00550. The van der Waals surface area contributed by atoms with Crippen LogP contribution in [0.15, 0.2) is 18.2 Å². The molecular formula is C13H17FO2. The van der Waals surface area contributed by atoms with E-state index < -0.39 is 5.60 Å². The number of halogens is 1. The summed E-state index contributed by atoms with van der Waals surface area (Å²) in [4.78, 5) is 0. The highest BCUT2D eigenvalue weighted by molar-refractivity contribution is 5.33. The molecule has 1 unspecified atom stereocenters. The van der Waals surface area contributed by atoms with E-state index in [1.807, 2.05) is 6.92 Å². The molecule has 0 aromatic heterocycles. The van der Waals surface area contributed by atoms with Crippen LogP contribution in [-0.2, 0) is 5.60 Å². The van der Waals surface area contributed by atoms with Crippen LogP contribution < -0.4 is 4.74 Å². The Morgan fingerprint density at radius 2 is 2.19 bits per heavy atom. The molecule has 0 bridgehead atoms. The Balaban J connectivity index is 2.38. The van der Waals surface area contributed by atoms with Gasteiger partial charge in [-0.25, -0.2) is 4.39 Å². The predicted molar refractivity (Wildman–Crippen MR) is 59.9 cm³/mol. The maximum Gasteiger partial charge on any atom is 0.132 e. The predicted octanol–water partition coefficient (Wildman–Crippen LogP) is 2.84. The van der Waals surface area contributed by atoms with Crippen LogP contribution in [0.1, 0.15) is 31.7 Å². The van der Waals surface area contributed by atoms with Crippen molar-refractivity contribution in [3.05, 3.63) is 29.6 Å². The quantitative estimate of drug-likeness (QED) is 0.852. The molecule has 1 aliphatic carbocycles. The monoisotopic (exact) mass is 224 g/mol. The molecule has 0 spiro atoms. The highest BCUT2D eigenvalue weighted by atomic mass is 19.1. The van der Waals surface area contributed by atoms with Gasteiger partial charge >= 0.3 is 0 Å². The first-order valence-corrected chi connectivity index (χ1v) is 5.68. The fourth-order valence-electron chi connectivity index (χ4n) is 2.23. The zero-order valence-corrected chi connectivity index (χ0v) is 9.66. The second-order valence-corrected chi connectivity index (χ2v) is 4.40. The summed E-state index contributed by atoms with van der Waals surface area (Å²) in [5.41, 5.74) is -0.602. The molecule has 2 rings (SSSR count). The second-order valence-electron chi connectivity index (χ2n) is 4.40. The molecule has 2 nitrogen and oxygen atoms in total. The Bertz CT molecular complexity index is 388. The Morgan fingerprint density at radius 3 is 2.62 bits per heavy atom. The van der Waals surface area contributed by atoms with Gasteiger partial charge in [-0.3, -0.25) is 0 Å². The van der Waals surface area contributed by atoms with E-state index in [9.17, 15) is 9.50 Å². The lowest BCUT2D eigenvalue weighted by Crippen LogP contribution is -2.28. The molecule has 1 aliphatic rings. The first kappa shape index (κ1) is 11.4. The van der Waals surface area contributed by atoms with E-state index in [0.717, 1.165) is 12.8 Å². The van der Waals surface area contributed by atoms with E-state index in [1.165, 1.54) is 13.2 Å². The second kappa shape index (κ2) is 4.06. The van der Waals surface area contributed by atoms with Gasteiger partial charge < -0.3 is 9.84 Å². The lowest BCUT2D eigenvalue weighted by Gasteiger charge is -2.27. The molecule has 0 amide bonds. The SMILES string of the molecule is CCC(O)(c1ccc(OC)cc1F)C1CC1. The van der Waals surface area contributed by atoms with E-state index in [4.69, 9.17) is 4.74 Å². The van der Waals surface area contributed by atoms with E-state index in [1.54, 1.807) is 12.1 Å². The first-order valence-electron chi connectivity index (χ1n) is 5.68. The summed E-state index contributed by atoms with van der Waals surface area (Å²) in [5, 5.41) is 10.5. The van der Waals surface area contributed by atoms with Gasteiger partial charge in [-0.15, -0.1) is 0 Å². The summed E-state index contributed by atoms with van der Waals surface area (Å²) in [7, 11) is 1.50. The van der Waals surface area contributed by atoms with Gasteiger partial charge in [-0.2, -0.15) is 0 Å². The molecule has 1 N–H and O–H groups in total. The Hall–Kier alpha value is -1.09. The molecule has 0 saturated heterocycles. The van der Waals surface area contributed by atoms with Crippen molar-refractivity contribution in [1.29, 1.82) is 0 Å². The van der Waals surface area contributed by atoms with Crippen molar-refractivity contribution in [3.8, 4) is 5.75 Å². The molecule has 1 aromatic rings. The molecule has 0 aliphatic heterocycles. The van der Waals surface area contributed by atoms with Crippen LogP contribution in [0.3, 0.4) is 0 Å². The minimum Gasteiger partial charge on any atom is -0.497 e. The number of hydrogen-bond acceptors (Lipinski definition) is 2. The van der Waals surface area contributed by atoms with Crippen LogP contribution in [0, 0.1) is 11.7 Å². The molecule has 16 heavy (non-hydrogen) atoms. The van der Waals surface area contributed by atoms with Gasteiger partial charge in [-0.1, -0.05) is 6.92 Å². The maximum atomic E-state index is 13.9. The van der Waals surface area contributed by atoms with Crippen LogP contribution in [-0.4, -0.2) is 12.2 Å². The summed E-state index contributed by atoms with van der Waals surface area (Å²) in [5.74, 6) is 0.312. The van der Waals surface area contributed by atoms with E-state index >= 15 is 0 Å². The fraction of sp³-hybridized carbons (Fsp3) is 0.538. The largest absolute Gasteiger partial charge is 0.497 e. The number of benzene rings is 1. The topological polar surface area (TPSA) is 29.5 Å². The minimum atomic E-state index is -1.00. The smallest absolute Gasteiger partial charge is 0.132 e. The fourth-order valence-corrected chi connectivity index (χ4v) is 2.23. The average molecular weight is 224 g/mol. The summed E-state index contributed by atoms with van der Waals surface area (Å²) in [6, 6.07) is 4.66. The lowest BCUT2D eigenvalue weighted by atomic mass is 9.86. The third-order valence-electron chi connectivity index (χ3n) is 3.43. The van der Waals surface area contributed by atoms with Crippen LogP contribution >= 0.6 is 0 Å². The van der Waals surface area contributed by atoms with Gasteiger partial charge in [0.15, 0.2) is 0 Å². The number of rotatable bonds is 4. The van der Waals surface area contributed by atoms with Crippen molar-refractivity contribution in [3.63, 3.8) is 0 Å². The number of methoxy groups -OCH3 is 1. The molecular weight excluding hydrogens is 207 g/mol. The van der Waals surface area contributed by atoms with E-state index in [-0.39, 0.29) is 11.7 Å². The van der Waals surface area contributed by atoms with Gasteiger partial charge in [-0.05, 0) is 37.3 Å². The van der Waals surface area contributed by atoms with Crippen molar-refractivity contribution in [1.82, 2.24) is 0 Å². The molecule has 1 fully saturated rings. The normalized spacial score (nSPS) is 19.2. The number of aliphatic hydroxyl groups is 1. The average Bonchev–Trinajstić information content (AvgIpc) is 3.12. The molecule has 88 valence electrons. The van der Waals surface area contributed by atoms with Crippen LogP contribution in [0.5, 0.6) is 5.75 Å².